The molecule has 0 radical (unpaired) electrons. The Bertz CT molecular complexity index is 2770. The minimum Gasteiger partial charge on any atom is -0.453 e. The molecule has 0 bridgehead atoms. The predicted molar refractivity (Wildman–Crippen MR) is 261 cm³/mol. The molecular formula is C54H66N8O6. The van der Waals surface area contributed by atoms with Crippen LogP contribution in [0.15, 0.2) is 48.7 Å². The molecule has 2 saturated heterocycles. The number of nitrogens with one attached hydrogen (secondary N) is 4. The Morgan fingerprint density at radius 1 is 0.662 bits per heavy atom. The summed E-state index contributed by atoms with van der Waals surface area (Å²) in [6.45, 7) is 8.95. The number of likely N-dealkylation sites (tertiary alicyclic amines) is 2. The maximum absolute atomic E-state index is 13.9. The van der Waals surface area contributed by atoms with Crippen LogP contribution >= 0.6 is 0 Å². The van der Waals surface area contributed by atoms with E-state index in [0.29, 0.717) is 13.1 Å². The number of H-pyrrole nitrogens is 2. The lowest BCUT2D eigenvalue weighted by atomic mass is 9.76. The maximum Gasteiger partial charge on any atom is 0.407 e. The molecule has 1 spiro atoms. The largest absolute Gasteiger partial charge is 0.453 e. The van der Waals surface area contributed by atoms with Crippen molar-refractivity contribution in [3.05, 3.63) is 82.6 Å². The lowest BCUT2D eigenvalue weighted by Crippen LogP contribution is -2.51. The Labute approximate surface area is 398 Å². The number of rotatable bonds is 11. The van der Waals surface area contributed by atoms with Gasteiger partial charge in [-0.05, 0) is 145 Å². The van der Waals surface area contributed by atoms with Gasteiger partial charge in [-0.25, -0.2) is 19.6 Å². The van der Waals surface area contributed by atoms with E-state index in [4.69, 9.17) is 19.4 Å². The molecule has 5 aromatic rings. The molecule has 358 valence electrons. The number of fused-ring (bicyclic) bond motifs is 4. The summed E-state index contributed by atoms with van der Waals surface area (Å²) in [5.41, 5.74) is 15.2. The summed E-state index contributed by atoms with van der Waals surface area (Å²) in [5, 5.41) is 5.52. The van der Waals surface area contributed by atoms with Gasteiger partial charge < -0.3 is 39.9 Å². The Kier molecular flexibility index (Phi) is 12.3. The Morgan fingerprint density at radius 3 is 1.85 bits per heavy atom. The Morgan fingerprint density at radius 2 is 1.24 bits per heavy atom. The lowest BCUT2D eigenvalue weighted by Gasteiger charge is -2.30. The summed E-state index contributed by atoms with van der Waals surface area (Å²) in [6.07, 6.45) is 14.3. The molecule has 3 aromatic carbocycles. The molecule has 4 unspecified atom stereocenters. The lowest BCUT2D eigenvalue weighted by molar-refractivity contribution is -0.136. The molecule has 3 fully saturated rings. The highest BCUT2D eigenvalue weighted by atomic mass is 16.5. The van der Waals surface area contributed by atoms with Crippen molar-refractivity contribution in [3.8, 4) is 33.5 Å². The number of benzene rings is 3. The van der Waals surface area contributed by atoms with Crippen molar-refractivity contribution in [3.63, 3.8) is 0 Å². The van der Waals surface area contributed by atoms with E-state index in [0.717, 1.165) is 79.7 Å². The first-order valence-corrected chi connectivity index (χ1v) is 25.1. The molecule has 4 heterocycles. The fraction of sp³-hybridized carbons (Fsp3) is 0.519. The summed E-state index contributed by atoms with van der Waals surface area (Å²) in [5.74, 6) is 1.13. The highest BCUT2D eigenvalue weighted by molar-refractivity contribution is 5.89. The maximum atomic E-state index is 13.9. The van der Waals surface area contributed by atoms with Gasteiger partial charge in [-0.15, -0.1) is 0 Å². The number of nitrogens with zero attached hydrogens (tertiary/aromatic N) is 4. The minimum atomic E-state index is -0.688. The molecular weight excluding hydrogens is 857 g/mol. The summed E-state index contributed by atoms with van der Waals surface area (Å²) < 4.78 is 9.69. The number of alkyl carbamates (subject to hydrolysis) is 2. The molecule has 5 aliphatic rings. The van der Waals surface area contributed by atoms with Crippen LogP contribution in [0.5, 0.6) is 0 Å². The van der Waals surface area contributed by atoms with Crippen LogP contribution in [0.4, 0.5) is 9.59 Å². The van der Waals surface area contributed by atoms with Crippen molar-refractivity contribution in [2.24, 2.45) is 11.8 Å². The number of carbonyl (C=O) groups excluding carboxylic acids is 4. The van der Waals surface area contributed by atoms with Crippen molar-refractivity contribution in [2.45, 2.75) is 141 Å². The van der Waals surface area contributed by atoms with E-state index in [2.05, 4.69) is 63.1 Å². The van der Waals surface area contributed by atoms with E-state index in [-0.39, 0.29) is 41.1 Å². The zero-order chi connectivity index (χ0) is 47.4. The van der Waals surface area contributed by atoms with Crippen LogP contribution in [0.2, 0.25) is 0 Å². The molecule has 2 aliphatic heterocycles. The smallest absolute Gasteiger partial charge is 0.407 e. The summed E-state index contributed by atoms with van der Waals surface area (Å²) in [4.78, 5) is 73.1. The van der Waals surface area contributed by atoms with Crippen LogP contribution in [0.1, 0.15) is 138 Å². The fourth-order valence-electron chi connectivity index (χ4n) is 12.6. The van der Waals surface area contributed by atoms with Crippen molar-refractivity contribution < 1.29 is 28.7 Å². The highest BCUT2D eigenvalue weighted by Gasteiger charge is 2.44. The van der Waals surface area contributed by atoms with Gasteiger partial charge in [0.1, 0.15) is 23.7 Å². The Hall–Kier alpha value is -6.18. The molecule has 1 saturated carbocycles. The van der Waals surface area contributed by atoms with Crippen molar-refractivity contribution in [2.75, 3.05) is 27.3 Å². The third-order valence-corrected chi connectivity index (χ3v) is 16.0. The third kappa shape index (κ3) is 8.00. The average Bonchev–Trinajstić information content (AvgIpc) is 4.20. The zero-order valence-electron chi connectivity index (χ0n) is 40.4. The van der Waals surface area contributed by atoms with Crippen LogP contribution in [0, 0.1) is 11.8 Å². The van der Waals surface area contributed by atoms with Crippen molar-refractivity contribution in [1.82, 2.24) is 40.4 Å². The van der Waals surface area contributed by atoms with Gasteiger partial charge in [0.25, 0.3) is 0 Å². The number of carbonyl (C=O) groups is 4. The van der Waals surface area contributed by atoms with Gasteiger partial charge in [0, 0.05) is 18.7 Å². The zero-order valence-corrected chi connectivity index (χ0v) is 40.4. The van der Waals surface area contributed by atoms with Gasteiger partial charge in [-0.2, -0.15) is 0 Å². The van der Waals surface area contributed by atoms with Crippen molar-refractivity contribution >= 4 is 35.0 Å². The number of hydrogen-bond acceptors (Lipinski definition) is 8. The van der Waals surface area contributed by atoms with Gasteiger partial charge in [0.05, 0.1) is 49.2 Å². The molecule has 4 amide bonds. The quantitative estimate of drug-likeness (QED) is 0.101. The minimum absolute atomic E-state index is 0.101. The highest BCUT2D eigenvalue weighted by Crippen LogP contribution is 2.56. The molecule has 10 rings (SSSR count). The molecule has 4 N–H and O–H groups in total. The van der Waals surface area contributed by atoms with E-state index < -0.39 is 24.3 Å². The van der Waals surface area contributed by atoms with Crippen LogP contribution < -0.4 is 10.6 Å². The van der Waals surface area contributed by atoms with Crippen LogP contribution in [-0.2, 0) is 43.7 Å². The van der Waals surface area contributed by atoms with Crippen LogP contribution in [-0.4, -0.2) is 93.1 Å². The molecule has 2 aromatic heterocycles. The number of aromatic nitrogens is 4. The number of imidazole rings is 2. The van der Waals surface area contributed by atoms with Gasteiger partial charge >= 0.3 is 12.2 Å². The number of ether oxygens (including phenoxy) is 2. The SMILES string of the molecule is COC(=O)NC(C(=O)N1CCCC1c1ncc(-c2ccc(-c3ccc(-c4ccc5nc(C6CCCN6C(=O)C(NC(=O)OC)C(C)C)[nH]c5c4)c4c3CCC43CCCC3)c3c2CCC3)[nH]1)C(C)C. The van der Waals surface area contributed by atoms with E-state index in [1.807, 2.05) is 43.7 Å². The first kappa shape index (κ1) is 45.6. The topological polar surface area (TPSA) is 175 Å². The fourth-order valence-corrected chi connectivity index (χ4v) is 12.6. The van der Waals surface area contributed by atoms with Gasteiger partial charge in [0.2, 0.25) is 11.8 Å². The predicted octanol–water partition coefficient (Wildman–Crippen LogP) is 9.62. The molecule has 14 heteroatoms. The molecule has 68 heavy (non-hydrogen) atoms. The average molecular weight is 923 g/mol. The van der Waals surface area contributed by atoms with E-state index in [1.54, 1.807) is 0 Å². The van der Waals surface area contributed by atoms with Gasteiger partial charge in [-0.3, -0.25) is 9.59 Å². The van der Waals surface area contributed by atoms with Crippen LogP contribution in [0.25, 0.3) is 44.5 Å². The second-order valence-corrected chi connectivity index (χ2v) is 20.6. The van der Waals surface area contributed by atoms with Gasteiger partial charge in [0.15, 0.2) is 0 Å². The van der Waals surface area contributed by atoms with E-state index >= 15 is 0 Å². The third-order valence-electron chi connectivity index (χ3n) is 16.0. The van der Waals surface area contributed by atoms with Gasteiger partial charge in [-0.1, -0.05) is 70.9 Å². The first-order chi connectivity index (χ1) is 32.9. The normalized spacial score (nSPS) is 20.4. The Balaban J connectivity index is 0.954. The van der Waals surface area contributed by atoms with Crippen LogP contribution in [0.3, 0.4) is 0 Å². The second-order valence-electron chi connectivity index (χ2n) is 20.6. The summed E-state index contributed by atoms with van der Waals surface area (Å²) in [6, 6.07) is 14.2. The number of amides is 4. The van der Waals surface area contributed by atoms with E-state index in [9.17, 15) is 19.2 Å². The van der Waals surface area contributed by atoms with Crippen molar-refractivity contribution in [1.29, 1.82) is 0 Å². The number of hydrogen-bond donors (Lipinski definition) is 4. The number of aromatic amines is 2. The molecule has 14 nitrogen and oxygen atoms in total. The standard InChI is InChI=1S/C54H66N8O6/c1-30(2)46(59-52(65)67-5)50(63)61-26-10-14-43(61)48-55-29-42(58-48)38-20-19-36(34-12-9-13-35(34)38)37-18-17-33(45-39(37)22-25-54(45)23-7-8-24-54)32-16-21-40-41(28-32)57-49(56-40)44-15-11-27-62(44)51(64)47(31(3)4)60-53(66)68-6/h16-21,28-31,43-44,46-47H,7-15,22-27H2,1-6H3,(H,55,58)(H,56,57)(H,59,65)(H,60,66). The monoisotopic (exact) mass is 923 g/mol. The van der Waals surface area contributed by atoms with E-state index in [1.165, 1.54) is 96.4 Å². The first-order valence-electron chi connectivity index (χ1n) is 25.1. The molecule has 4 atom stereocenters. The summed E-state index contributed by atoms with van der Waals surface area (Å²) >= 11 is 0. The number of methoxy groups -OCH3 is 2. The summed E-state index contributed by atoms with van der Waals surface area (Å²) in [7, 11) is 2.63. The second kappa shape index (κ2) is 18.4. The molecule has 3 aliphatic carbocycles.